The second-order valence-corrected chi connectivity index (χ2v) is 9.11. The van der Waals surface area contributed by atoms with Crippen molar-refractivity contribution in [2.24, 2.45) is 0 Å². The molecule has 0 unspecified atom stereocenters. The van der Waals surface area contributed by atoms with Gasteiger partial charge in [-0.25, -0.2) is 19.3 Å². The van der Waals surface area contributed by atoms with E-state index in [-0.39, 0.29) is 17.6 Å². The zero-order valence-corrected chi connectivity index (χ0v) is 19.7. The molecule has 0 bridgehead atoms. The van der Waals surface area contributed by atoms with E-state index in [4.69, 9.17) is 5.10 Å². The van der Waals surface area contributed by atoms with Gasteiger partial charge in [0.25, 0.3) is 0 Å². The Balaban J connectivity index is 1.31. The lowest BCUT2D eigenvalue weighted by Crippen LogP contribution is -2.34. The van der Waals surface area contributed by atoms with Crippen molar-refractivity contribution in [2.75, 3.05) is 18.0 Å². The van der Waals surface area contributed by atoms with Gasteiger partial charge in [-0.2, -0.15) is 9.78 Å². The lowest BCUT2D eigenvalue weighted by atomic mass is 9.90. The maximum atomic E-state index is 13.4. The van der Waals surface area contributed by atoms with E-state index >= 15 is 0 Å². The maximum absolute atomic E-state index is 13.4. The van der Waals surface area contributed by atoms with Crippen LogP contribution in [0, 0.1) is 5.82 Å². The Morgan fingerprint density at radius 3 is 2.44 bits per heavy atom. The van der Waals surface area contributed by atoms with Crippen molar-refractivity contribution < 1.29 is 9.50 Å². The van der Waals surface area contributed by atoms with Crippen LogP contribution in [0.25, 0.3) is 17.0 Å². The van der Waals surface area contributed by atoms with Gasteiger partial charge in [-0.05, 0) is 61.6 Å². The number of nitrogens with zero attached hydrogens (tertiary/aromatic N) is 6. The lowest BCUT2D eigenvalue weighted by Gasteiger charge is -2.31. The van der Waals surface area contributed by atoms with Crippen LogP contribution in [0.15, 0.2) is 67.0 Å². The summed E-state index contributed by atoms with van der Waals surface area (Å²) >= 11 is 0. The van der Waals surface area contributed by atoms with Gasteiger partial charge in [0, 0.05) is 37.0 Å². The monoisotopic (exact) mass is 483 g/mol. The normalized spacial score (nSPS) is 14.5. The molecule has 36 heavy (non-hydrogen) atoms. The highest BCUT2D eigenvalue weighted by Gasteiger charge is 2.29. The highest BCUT2D eigenvalue weighted by atomic mass is 19.1. The van der Waals surface area contributed by atoms with Gasteiger partial charge < -0.3 is 15.0 Å². The summed E-state index contributed by atoms with van der Waals surface area (Å²) in [5, 5.41) is 16.2. The molecule has 4 heterocycles. The largest absolute Gasteiger partial charge is 0.493 e. The van der Waals surface area contributed by atoms with Crippen LogP contribution in [-0.4, -0.2) is 47.9 Å². The number of anilines is 1. The van der Waals surface area contributed by atoms with Gasteiger partial charge in [0.15, 0.2) is 0 Å². The molecule has 0 spiro atoms. The molecule has 1 fully saturated rings. The minimum Gasteiger partial charge on any atom is -0.493 e. The summed E-state index contributed by atoms with van der Waals surface area (Å²) in [5.41, 5.74) is 4.41. The van der Waals surface area contributed by atoms with E-state index in [1.165, 1.54) is 16.8 Å². The molecule has 2 aromatic carbocycles. The first-order valence-electron chi connectivity index (χ1n) is 12.2. The standard InChI is InChI=1S/C27H26FN7O/c28-20-9-6-18(7-10-20)8-11-21-24(19-12-16-34(17-13-19)26-29-14-3-15-30-26)33-35(25(21)36)27-31-22-4-1-2-5-23(22)32-27/h1-7,9-10,14-15,19,36H,8,11-13,16-17H2,(H,31,32). The summed E-state index contributed by atoms with van der Waals surface area (Å²) in [6.45, 7) is 1.62. The molecule has 1 saturated heterocycles. The average Bonchev–Trinajstić information content (AvgIpc) is 3.50. The van der Waals surface area contributed by atoms with E-state index in [1.54, 1.807) is 24.5 Å². The first kappa shape index (κ1) is 22.2. The molecule has 3 aromatic heterocycles. The van der Waals surface area contributed by atoms with E-state index < -0.39 is 0 Å². The molecule has 0 aliphatic carbocycles. The van der Waals surface area contributed by atoms with Crippen LogP contribution < -0.4 is 4.90 Å². The van der Waals surface area contributed by atoms with E-state index in [1.807, 2.05) is 30.3 Å². The van der Waals surface area contributed by atoms with Crippen molar-refractivity contribution in [3.05, 3.63) is 89.6 Å². The number of benzene rings is 2. The third kappa shape index (κ3) is 4.28. The first-order valence-corrected chi connectivity index (χ1v) is 12.2. The van der Waals surface area contributed by atoms with Crippen molar-refractivity contribution in [3.8, 4) is 11.8 Å². The van der Waals surface area contributed by atoms with Crippen LogP contribution in [0.2, 0.25) is 0 Å². The SMILES string of the molecule is Oc1c(CCc2ccc(F)cc2)c(C2CCN(c3ncccn3)CC2)nn1-c1nc2ccccc2[nH]1. The molecule has 5 aromatic rings. The third-order valence-electron chi connectivity index (χ3n) is 6.86. The number of aromatic nitrogens is 6. The zero-order chi connectivity index (χ0) is 24.5. The van der Waals surface area contributed by atoms with Crippen LogP contribution in [0.1, 0.15) is 35.6 Å². The first-order chi connectivity index (χ1) is 17.7. The van der Waals surface area contributed by atoms with E-state index in [0.717, 1.165) is 59.7 Å². The molecule has 9 heteroatoms. The van der Waals surface area contributed by atoms with Crippen molar-refractivity contribution in [1.82, 2.24) is 29.7 Å². The molecule has 6 rings (SSSR count). The zero-order valence-electron chi connectivity index (χ0n) is 19.7. The quantitative estimate of drug-likeness (QED) is 0.368. The van der Waals surface area contributed by atoms with Crippen LogP contribution >= 0.6 is 0 Å². The fourth-order valence-electron chi connectivity index (χ4n) is 4.94. The van der Waals surface area contributed by atoms with Gasteiger partial charge in [0.1, 0.15) is 5.82 Å². The fourth-order valence-corrected chi connectivity index (χ4v) is 4.94. The predicted molar refractivity (Wildman–Crippen MR) is 135 cm³/mol. The molecule has 2 N–H and O–H groups in total. The summed E-state index contributed by atoms with van der Waals surface area (Å²) in [6, 6.07) is 16.1. The van der Waals surface area contributed by atoms with Crippen LogP contribution in [0.3, 0.4) is 0 Å². The van der Waals surface area contributed by atoms with Crippen LogP contribution in [0.4, 0.5) is 10.3 Å². The molecular weight excluding hydrogens is 457 g/mol. The maximum Gasteiger partial charge on any atom is 0.232 e. The van der Waals surface area contributed by atoms with E-state index in [9.17, 15) is 9.50 Å². The van der Waals surface area contributed by atoms with Crippen molar-refractivity contribution in [1.29, 1.82) is 0 Å². The summed E-state index contributed by atoms with van der Waals surface area (Å²) in [5.74, 6) is 1.25. The number of nitrogens with one attached hydrogen (secondary N) is 1. The van der Waals surface area contributed by atoms with Gasteiger partial charge in [0.05, 0.1) is 16.7 Å². The average molecular weight is 484 g/mol. The summed E-state index contributed by atoms with van der Waals surface area (Å²) in [4.78, 5) is 18.9. The Bertz CT molecular complexity index is 1440. The van der Waals surface area contributed by atoms with E-state index in [0.29, 0.717) is 18.8 Å². The van der Waals surface area contributed by atoms with Gasteiger partial charge in [-0.15, -0.1) is 0 Å². The molecule has 1 aliphatic rings. The van der Waals surface area contributed by atoms with Crippen molar-refractivity contribution >= 4 is 17.0 Å². The number of piperidine rings is 1. The number of hydrogen-bond acceptors (Lipinski definition) is 6. The number of aromatic hydroxyl groups is 1. The van der Waals surface area contributed by atoms with Gasteiger partial charge in [0.2, 0.25) is 17.8 Å². The highest BCUT2D eigenvalue weighted by Crippen LogP contribution is 2.36. The van der Waals surface area contributed by atoms with Crippen LogP contribution in [0.5, 0.6) is 5.88 Å². The Morgan fingerprint density at radius 1 is 0.944 bits per heavy atom. The number of fused-ring (bicyclic) bond motifs is 1. The number of hydrogen-bond donors (Lipinski definition) is 2. The Morgan fingerprint density at radius 2 is 1.69 bits per heavy atom. The molecule has 1 aliphatic heterocycles. The molecule has 0 atom stereocenters. The number of aromatic amines is 1. The van der Waals surface area contributed by atoms with Crippen molar-refractivity contribution in [2.45, 2.75) is 31.6 Å². The second-order valence-electron chi connectivity index (χ2n) is 9.11. The van der Waals surface area contributed by atoms with Crippen molar-refractivity contribution in [3.63, 3.8) is 0 Å². The fraction of sp³-hybridized carbons (Fsp3) is 0.259. The lowest BCUT2D eigenvalue weighted by molar-refractivity contribution is 0.425. The summed E-state index contributed by atoms with van der Waals surface area (Å²) in [7, 11) is 0. The molecule has 0 radical (unpaired) electrons. The third-order valence-corrected chi connectivity index (χ3v) is 6.86. The molecule has 0 amide bonds. The molecule has 8 nitrogen and oxygen atoms in total. The summed E-state index contributed by atoms with van der Waals surface area (Å²) < 4.78 is 14.9. The minimum absolute atomic E-state index is 0.0972. The number of H-pyrrole nitrogens is 1. The number of rotatable bonds is 6. The van der Waals surface area contributed by atoms with Gasteiger partial charge in [-0.3, -0.25) is 0 Å². The number of aryl methyl sites for hydroxylation is 1. The second kappa shape index (κ2) is 9.41. The summed E-state index contributed by atoms with van der Waals surface area (Å²) in [6.07, 6.45) is 6.53. The molecule has 182 valence electrons. The van der Waals surface area contributed by atoms with Crippen LogP contribution in [-0.2, 0) is 12.8 Å². The van der Waals surface area contributed by atoms with Gasteiger partial charge >= 0.3 is 0 Å². The number of imidazole rings is 1. The van der Waals surface area contributed by atoms with E-state index in [2.05, 4.69) is 24.8 Å². The number of halogens is 1. The predicted octanol–water partition coefficient (Wildman–Crippen LogP) is 4.55. The Kier molecular flexibility index (Phi) is 5.80. The Labute approximate surface area is 207 Å². The topological polar surface area (TPSA) is 95.8 Å². The smallest absolute Gasteiger partial charge is 0.232 e. The molecular formula is C27H26FN7O. The minimum atomic E-state index is -0.255. The molecule has 0 saturated carbocycles. The van der Waals surface area contributed by atoms with Gasteiger partial charge in [-0.1, -0.05) is 24.3 Å². The number of para-hydroxylation sites is 2. The Hall–Kier alpha value is -4.27. The highest BCUT2D eigenvalue weighted by molar-refractivity contribution is 5.76.